The Morgan fingerprint density at radius 3 is 2.56 bits per heavy atom. The first-order valence-electron chi connectivity index (χ1n) is 6.55. The van der Waals surface area contributed by atoms with Crippen LogP contribution < -0.4 is 0 Å². The van der Waals surface area contributed by atoms with E-state index in [2.05, 4.69) is 25.1 Å². The van der Waals surface area contributed by atoms with E-state index in [1.807, 2.05) is 0 Å². The molecular weight excluding hydrogens is 196 g/mol. The number of aliphatic hydroxyl groups is 1. The topological polar surface area (TPSA) is 20.2 Å². The standard InChI is InChI=1S/C15H20O/c1-10-8-14(10)15(16)13-7-6-11-4-2-3-5-12(11)9-13/h6-7,9-10,14-16H,2-5,8H2,1H3. The van der Waals surface area contributed by atoms with Gasteiger partial charge in [0, 0.05) is 0 Å². The van der Waals surface area contributed by atoms with Gasteiger partial charge in [0.1, 0.15) is 0 Å². The summed E-state index contributed by atoms with van der Waals surface area (Å²) in [5.41, 5.74) is 4.14. The average Bonchev–Trinajstić information content (AvgIpc) is 3.05. The summed E-state index contributed by atoms with van der Waals surface area (Å²) in [7, 11) is 0. The summed E-state index contributed by atoms with van der Waals surface area (Å²) in [5, 5.41) is 10.2. The summed E-state index contributed by atoms with van der Waals surface area (Å²) in [6, 6.07) is 6.63. The van der Waals surface area contributed by atoms with Crippen LogP contribution in [-0.2, 0) is 12.8 Å². The Morgan fingerprint density at radius 2 is 1.88 bits per heavy atom. The van der Waals surface area contributed by atoms with Gasteiger partial charge in [-0.25, -0.2) is 0 Å². The van der Waals surface area contributed by atoms with E-state index in [1.54, 1.807) is 0 Å². The highest BCUT2D eigenvalue weighted by Crippen LogP contribution is 2.47. The van der Waals surface area contributed by atoms with E-state index in [0.717, 1.165) is 5.56 Å². The smallest absolute Gasteiger partial charge is 0.0820 e. The van der Waals surface area contributed by atoms with E-state index < -0.39 is 0 Å². The fraction of sp³-hybridized carbons (Fsp3) is 0.600. The number of hydrogen-bond acceptors (Lipinski definition) is 1. The van der Waals surface area contributed by atoms with E-state index in [4.69, 9.17) is 0 Å². The third kappa shape index (κ3) is 1.78. The number of rotatable bonds is 2. The lowest BCUT2D eigenvalue weighted by molar-refractivity contribution is 0.148. The Hall–Kier alpha value is -0.820. The molecule has 2 aliphatic rings. The first-order valence-corrected chi connectivity index (χ1v) is 6.55. The lowest BCUT2D eigenvalue weighted by atomic mass is 9.89. The largest absolute Gasteiger partial charge is 0.388 e. The molecule has 1 aromatic carbocycles. The van der Waals surface area contributed by atoms with Gasteiger partial charge in [0.25, 0.3) is 0 Å². The summed E-state index contributed by atoms with van der Waals surface area (Å²) in [4.78, 5) is 0. The van der Waals surface area contributed by atoms with Crippen LogP contribution in [0.4, 0.5) is 0 Å². The Balaban J connectivity index is 1.85. The Labute approximate surface area is 97.5 Å². The lowest BCUT2D eigenvalue weighted by Gasteiger charge is -2.18. The third-order valence-electron chi connectivity index (χ3n) is 4.29. The molecular formula is C15H20O. The summed E-state index contributed by atoms with van der Waals surface area (Å²) in [6.45, 7) is 2.23. The molecule has 1 heteroatoms. The number of aryl methyl sites for hydroxylation is 2. The first-order chi connectivity index (χ1) is 7.75. The number of benzene rings is 1. The maximum Gasteiger partial charge on any atom is 0.0820 e. The summed E-state index contributed by atoms with van der Waals surface area (Å²) in [6.07, 6.45) is 6.04. The zero-order valence-electron chi connectivity index (χ0n) is 9.95. The summed E-state index contributed by atoms with van der Waals surface area (Å²) in [5.74, 6) is 1.23. The highest BCUT2D eigenvalue weighted by Gasteiger charge is 2.39. The predicted octanol–water partition coefficient (Wildman–Crippen LogP) is 3.25. The highest BCUT2D eigenvalue weighted by molar-refractivity contribution is 5.35. The number of aliphatic hydroxyl groups excluding tert-OH is 1. The van der Waals surface area contributed by atoms with Gasteiger partial charge >= 0.3 is 0 Å². The molecule has 1 saturated carbocycles. The molecule has 3 atom stereocenters. The molecule has 1 nitrogen and oxygen atoms in total. The molecule has 0 aromatic heterocycles. The van der Waals surface area contributed by atoms with Crippen molar-refractivity contribution in [2.24, 2.45) is 11.8 Å². The van der Waals surface area contributed by atoms with Crippen LogP contribution in [0.1, 0.15) is 49.0 Å². The molecule has 0 bridgehead atoms. The number of hydrogen-bond donors (Lipinski definition) is 1. The van der Waals surface area contributed by atoms with Crippen molar-refractivity contribution in [3.05, 3.63) is 34.9 Å². The molecule has 0 amide bonds. The average molecular weight is 216 g/mol. The van der Waals surface area contributed by atoms with Gasteiger partial charge in [-0.15, -0.1) is 0 Å². The van der Waals surface area contributed by atoms with Gasteiger partial charge in [-0.05, 0) is 60.6 Å². The Kier molecular flexibility index (Phi) is 2.51. The van der Waals surface area contributed by atoms with Crippen LogP contribution in [-0.4, -0.2) is 5.11 Å². The van der Waals surface area contributed by atoms with Gasteiger partial charge in [0.15, 0.2) is 0 Å². The zero-order valence-corrected chi connectivity index (χ0v) is 9.95. The van der Waals surface area contributed by atoms with Crippen LogP contribution in [0.15, 0.2) is 18.2 Å². The van der Waals surface area contributed by atoms with Gasteiger partial charge in [-0.1, -0.05) is 25.1 Å². The van der Waals surface area contributed by atoms with Crippen LogP contribution in [0.2, 0.25) is 0 Å². The van der Waals surface area contributed by atoms with Crippen molar-refractivity contribution in [3.63, 3.8) is 0 Å². The molecule has 0 heterocycles. The summed E-state index contributed by atoms with van der Waals surface area (Å²) >= 11 is 0. The molecule has 0 aliphatic heterocycles. The molecule has 1 N–H and O–H groups in total. The fourth-order valence-electron chi connectivity index (χ4n) is 2.98. The van der Waals surface area contributed by atoms with Crippen LogP contribution in [0.25, 0.3) is 0 Å². The van der Waals surface area contributed by atoms with Gasteiger partial charge in [-0.2, -0.15) is 0 Å². The summed E-state index contributed by atoms with van der Waals surface area (Å²) < 4.78 is 0. The Bertz CT molecular complexity index is 396. The molecule has 3 rings (SSSR count). The van der Waals surface area contributed by atoms with Gasteiger partial charge in [0.05, 0.1) is 6.10 Å². The van der Waals surface area contributed by atoms with Crippen molar-refractivity contribution in [1.29, 1.82) is 0 Å². The minimum Gasteiger partial charge on any atom is -0.388 e. The SMILES string of the molecule is CC1CC1C(O)c1ccc2c(c1)CCCC2. The van der Waals surface area contributed by atoms with E-state index >= 15 is 0 Å². The van der Waals surface area contributed by atoms with Crippen LogP contribution >= 0.6 is 0 Å². The maximum atomic E-state index is 10.2. The van der Waals surface area contributed by atoms with Crippen molar-refractivity contribution in [2.75, 3.05) is 0 Å². The molecule has 1 fully saturated rings. The van der Waals surface area contributed by atoms with Crippen LogP contribution in [0.3, 0.4) is 0 Å². The zero-order chi connectivity index (χ0) is 11.1. The number of fused-ring (bicyclic) bond motifs is 1. The highest BCUT2D eigenvalue weighted by atomic mass is 16.3. The monoisotopic (exact) mass is 216 g/mol. The van der Waals surface area contributed by atoms with E-state index in [-0.39, 0.29) is 6.10 Å². The van der Waals surface area contributed by atoms with Gasteiger partial charge in [-0.3, -0.25) is 0 Å². The molecule has 0 saturated heterocycles. The molecule has 0 spiro atoms. The minimum absolute atomic E-state index is 0.220. The molecule has 3 unspecified atom stereocenters. The fourth-order valence-corrected chi connectivity index (χ4v) is 2.98. The lowest BCUT2D eigenvalue weighted by Crippen LogP contribution is -2.06. The molecule has 2 aliphatic carbocycles. The first kappa shape index (κ1) is 10.3. The van der Waals surface area contributed by atoms with Crippen molar-refractivity contribution < 1.29 is 5.11 Å². The predicted molar refractivity (Wildman–Crippen MR) is 65.3 cm³/mol. The van der Waals surface area contributed by atoms with Gasteiger partial charge < -0.3 is 5.11 Å². The minimum atomic E-state index is -0.220. The van der Waals surface area contributed by atoms with E-state index in [0.29, 0.717) is 11.8 Å². The second kappa shape index (κ2) is 3.89. The maximum absolute atomic E-state index is 10.2. The second-order valence-electron chi connectivity index (χ2n) is 5.56. The van der Waals surface area contributed by atoms with E-state index in [9.17, 15) is 5.11 Å². The van der Waals surface area contributed by atoms with Crippen molar-refractivity contribution in [1.82, 2.24) is 0 Å². The Morgan fingerprint density at radius 1 is 1.19 bits per heavy atom. The van der Waals surface area contributed by atoms with Crippen molar-refractivity contribution in [2.45, 2.75) is 45.1 Å². The third-order valence-corrected chi connectivity index (χ3v) is 4.29. The molecule has 86 valence electrons. The molecule has 0 radical (unpaired) electrons. The van der Waals surface area contributed by atoms with Crippen molar-refractivity contribution in [3.8, 4) is 0 Å². The van der Waals surface area contributed by atoms with Crippen LogP contribution in [0.5, 0.6) is 0 Å². The normalized spacial score (nSPS) is 29.6. The van der Waals surface area contributed by atoms with Gasteiger partial charge in [0.2, 0.25) is 0 Å². The second-order valence-corrected chi connectivity index (χ2v) is 5.56. The van der Waals surface area contributed by atoms with Crippen LogP contribution in [0, 0.1) is 11.8 Å². The molecule has 16 heavy (non-hydrogen) atoms. The molecule has 1 aromatic rings. The van der Waals surface area contributed by atoms with E-state index in [1.165, 1.54) is 43.2 Å². The quantitative estimate of drug-likeness (QED) is 0.804. The van der Waals surface area contributed by atoms with Crippen molar-refractivity contribution >= 4 is 0 Å².